The molecule has 6 aliphatic heterocycles. The van der Waals surface area contributed by atoms with Gasteiger partial charge in [0.05, 0.1) is 49.5 Å². The van der Waals surface area contributed by atoms with Gasteiger partial charge in [-0.05, 0) is 111 Å². The molecule has 15 rings (SSSR count). The van der Waals surface area contributed by atoms with Crippen molar-refractivity contribution in [3.05, 3.63) is 172 Å². The van der Waals surface area contributed by atoms with E-state index in [9.17, 15) is 43.2 Å². The van der Waals surface area contributed by atoms with Crippen molar-refractivity contribution in [2.24, 2.45) is 35.5 Å². The topological polar surface area (TPSA) is 306 Å². The molecule has 0 aliphatic carbocycles. The second-order valence-electron chi connectivity index (χ2n) is 36.8. The summed E-state index contributed by atoms with van der Waals surface area (Å²) < 4.78 is 12.9. The number of aryl methyl sites for hydroxylation is 5. The third-order valence-corrected chi connectivity index (χ3v) is 24.8. The van der Waals surface area contributed by atoms with Gasteiger partial charge in [0.1, 0.15) is 21.9 Å². The van der Waals surface area contributed by atoms with Gasteiger partial charge in [-0.15, -0.1) is 11.3 Å². The van der Waals surface area contributed by atoms with Gasteiger partial charge in [0.2, 0.25) is 64.9 Å². The van der Waals surface area contributed by atoms with E-state index in [4.69, 9.17) is 13.8 Å². The maximum Gasteiger partial charge on any atom is 0.239 e. The van der Waals surface area contributed by atoms with Crippen LogP contribution in [0.2, 0.25) is 0 Å². The molecule has 6 fully saturated rings. The van der Waals surface area contributed by atoms with E-state index < -0.39 is 0 Å². The lowest BCUT2D eigenvalue weighted by molar-refractivity contribution is -0.137. The molecule has 4 aromatic heterocycles. The number of pyridine rings is 1. The molecular formula is C100H141N19O11S. The van der Waals surface area contributed by atoms with Crippen LogP contribution < -0.4 is 16.0 Å². The molecule has 708 valence electrons. The summed E-state index contributed by atoms with van der Waals surface area (Å²) in [5.41, 5.74) is 12.0. The van der Waals surface area contributed by atoms with Gasteiger partial charge >= 0.3 is 0 Å². The Hall–Kier alpha value is -10.9. The number of amides is 9. The number of carbonyl (C=O) groups excluding carboxylic acids is 9. The predicted octanol–water partition coefficient (Wildman–Crippen LogP) is 12.1. The molecule has 131 heavy (non-hydrogen) atoms. The summed E-state index contributed by atoms with van der Waals surface area (Å²) in [5.74, 6) is 3.71. The fourth-order valence-electron chi connectivity index (χ4n) is 15.9. The average Bonchev–Trinajstić information content (AvgIpc) is 1.67. The first kappa shape index (κ1) is 102. The zero-order chi connectivity index (χ0) is 94.5. The second kappa shape index (κ2) is 50.1. The molecule has 10 heterocycles. The van der Waals surface area contributed by atoms with Crippen LogP contribution in [0, 0.1) is 70.1 Å². The summed E-state index contributed by atoms with van der Waals surface area (Å²) in [7, 11) is 0. The number of piperazine rings is 6. The largest absolute Gasteiger partial charge is 0.439 e. The van der Waals surface area contributed by atoms with Crippen LogP contribution in [-0.4, -0.2) is 309 Å². The first-order chi connectivity index (χ1) is 62.6. The van der Waals surface area contributed by atoms with Gasteiger partial charge in [-0.25, -0.2) is 19.9 Å². The van der Waals surface area contributed by atoms with Crippen LogP contribution in [0.1, 0.15) is 128 Å². The summed E-state index contributed by atoms with van der Waals surface area (Å²) in [5, 5.41) is 9.82. The molecule has 0 spiro atoms. The predicted molar refractivity (Wildman–Crippen MR) is 518 cm³/mol. The summed E-state index contributed by atoms with van der Waals surface area (Å²) in [6, 6.07) is 39.5. The van der Waals surface area contributed by atoms with E-state index in [0.29, 0.717) is 77.8 Å². The summed E-state index contributed by atoms with van der Waals surface area (Å²) in [6.07, 6.45) is 1.73. The number of hydrogen-bond donors (Lipinski definition) is 3. The molecule has 0 radical (unpaired) electrons. The third kappa shape index (κ3) is 31.9. The molecular weight excluding hydrogens is 1680 g/mol. The van der Waals surface area contributed by atoms with Crippen molar-refractivity contribution in [1.82, 2.24) is 78.7 Å². The first-order valence-electron chi connectivity index (χ1n) is 46.7. The normalized spacial score (nSPS) is 16.3. The maximum atomic E-state index is 12.1. The van der Waals surface area contributed by atoms with E-state index in [1.165, 1.54) is 20.8 Å². The molecule has 0 saturated carbocycles. The monoisotopic (exact) mass is 1820 g/mol. The Kier molecular flexibility index (Phi) is 39.1. The average molecular weight is 1820 g/mol. The maximum absolute atomic E-state index is 12.1. The van der Waals surface area contributed by atoms with Crippen molar-refractivity contribution >= 4 is 114 Å². The van der Waals surface area contributed by atoms with E-state index in [1.54, 1.807) is 23.6 Å². The lowest BCUT2D eigenvalue weighted by Gasteiger charge is -2.35. The molecule has 6 aliphatic rings. The number of thiazole rings is 1. The summed E-state index contributed by atoms with van der Waals surface area (Å²) >= 11 is 1.78. The lowest BCUT2D eigenvalue weighted by Crippen LogP contribution is -2.51. The number of oxazole rings is 2. The third-order valence-electron chi connectivity index (χ3n) is 23.8. The number of fused-ring (bicyclic) bond motifs is 3. The van der Waals surface area contributed by atoms with Crippen molar-refractivity contribution in [3.63, 3.8) is 0 Å². The highest BCUT2D eigenvalue weighted by molar-refractivity contribution is 7.18. The van der Waals surface area contributed by atoms with E-state index in [0.717, 1.165) is 192 Å². The minimum absolute atomic E-state index is 0.00191. The molecule has 5 aromatic carbocycles. The van der Waals surface area contributed by atoms with E-state index >= 15 is 0 Å². The Morgan fingerprint density at radius 3 is 1.12 bits per heavy atom. The smallest absolute Gasteiger partial charge is 0.239 e. The number of nitrogens with zero attached hydrogens (tertiary/aromatic N) is 16. The van der Waals surface area contributed by atoms with Crippen molar-refractivity contribution in [2.75, 3.05) is 193 Å². The Balaban J connectivity index is 0.000000163. The van der Waals surface area contributed by atoms with Crippen LogP contribution in [0.5, 0.6) is 0 Å². The Labute approximate surface area is 778 Å². The number of aromatic nitrogens is 4. The summed E-state index contributed by atoms with van der Waals surface area (Å²) in [6.45, 7) is 55.6. The van der Waals surface area contributed by atoms with Gasteiger partial charge < -0.3 is 54.2 Å². The van der Waals surface area contributed by atoms with Gasteiger partial charge in [0.15, 0.2) is 11.2 Å². The quantitative estimate of drug-likeness (QED) is 0.0602. The van der Waals surface area contributed by atoms with Gasteiger partial charge in [-0.3, -0.25) is 72.6 Å². The Morgan fingerprint density at radius 1 is 0.336 bits per heavy atom. The molecule has 31 heteroatoms. The van der Waals surface area contributed by atoms with E-state index in [-0.39, 0.29) is 88.7 Å². The fraction of sp³-hybridized carbons (Fsp3) is 0.530. The van der Waals surface area contributed by atoms with Crippen molar-refractivity contribution < 1.29 is 52.0 Å². The minimum atomic E-state index is -0.0695. The number of carbonyl (C=O) groups is 9. The molecule has 9 amide bonds. The van der Waals surface area contributed by atoms with E-state index in [1.807, 2.05) is 237 Å². The molecule has 0 atom stereocenters. The van der Waals surface area contributed by atoms with Crippen molar-refractivity contribution in [2.45, 2.75) is 137 Å². The second-order valence-corrected chi connectivity index (χ2v) is 37.9. The molecule has 9 aromatic rings. The number of rotatable bonds is 21. The van der Waals surface area contributed by atoms with Gasteiger partial charge in [0, 0.05) is 210 Å². The fourth-order valence-corrected chi connectivity index (χ4v) is 16.9. The lowest BCUT2D eigenvalue weighted by atomic mass is 10.1. The van der Waals surface area contributed by atoms with E-state index in [2.05, 4.69) is 85.4 Å². The van der Waals surface area contributed by atoms with Crippen LogP contribution in [-0.2, 0) is 62.8 Å². The zero-order valence-electron chi connectivity index (χ0n) is 80.4. The van der Waals surface area contributed by atoms with Crippen LogP contribution in [0.4, 0.5) is 17.2 Å². The molecule has 3 N–H and O–H groups in total. The number of hydrogen-bond acceptors (Lipinski definition) is 22. The van der Waals surface area contributed by atoms with Crippen LogP contribution in [0.15, 0.2) is 136 Å². The first-order valence-corrected chi connectivity index (χ1v) is 47.5. The van der Waals surface area contributed by atoms with Gasteiger partial charge in [-0.2, -0.15) is 0 Å². The number of anilines is 3. The van der Waals surface area contributed by atoms with Crippen molar-refractivity contribution in [3.8, 4) is 0 Å². The van der Waals surface area contributed by atoms with Gasteiger partial charge in [-0.1, -0.05) is 155 Å². The standard InChI is InChI=1S/C17H23N3O2.2C17H25N3O2.C17H23N3OS.C16H24N4O2.C16H21N3O2/c1-12(2)17(21)20-9-7-19(8-10-20)11-15-18-14-6-4-5-13(3)16(14)22-15;1-13(2)17(22)20-10-8-19(9-11-20)12-16(21)18-15-6-4-14(3)5-7-15;1-13(2)17(22)20-10-8-19(9-11-20)12-16(21)18-15-7-5-4-6-14(15)3;1-12(2)17(21)20-8-6-19(7-9-20)11-16-18-14-10-13(3)4-5-15(14)22-16;1-12(2)16(22)20-8-6-19(7-9-20)11-15(21)18-14-5-4-13(3)10-17-14;1-12(2)16(20)19-9-7-18(8-10-19)11-15-17-13-5-3-4-6-14(13)21-15/h4-6,12H,7-11H2,1-3H3;2*4-7,13H,8-12H2,1-3H3,(H,18,21);4-5,10,12H,6-9,11H2,1-3H3;4-5,10,12H,6-9,11H2,1-3H3,(H,17,18,21);3-6,12H,7-11H2,1-2H3. The molecule has 0 unspecified atom stereocenters. The number of benzene rings is 5. The highest BCUT2D eigenvalue weighted by Gasteiger charge is 2.31. The number of para-hydroxylation sites is 4. The highest BCUT2D eigenvalue weighted by Crippen LogP contribution is 2.27. The van der Waals surface area contributed by atoms with Gasteiger partial charge in [0.25, 0.3) is 0 Å². The summed E-state index contributed by atoms with van der Waals surface area (Å²) in [4.78, 5) is 151. The molecule has 0 bridgehead atoms. The SMILES string of the molecule is CC(C)C(=O)N1CCN(Cc2nc3ccccc3o2)CC1.Cc1ccc(NC(=O)CN2CCN(C(=O)C(C)C)CC2)cc1.Cc1ccc(NC(=O)CN2CCN(C(=O)C(C)C)CC2)nc1.Cc1ccc2sc(CN3CCN(C(=O)C(C)C)CC3)nc2c1.Cc1cccc2nc(CN3CCN(C(=O)C(C)C)CC3)oc12.Cc1ccccc1NC(=O)CN1CCN(C(=O)C(C)C)CC1. The Bertz CT molecular complexity index is 5060. The molecule has 30 nitrogen and oxygen atoms in total. The van der Waals surface area contributed by atoms with Crippen LogP contribution >= 0.6 is 11.3 Å². The Morgan fingerprint density at radius 2 is 0.702 bits per heavy atom. The number of nitrogens with one attached hydrogen (secondary N) is 3. The highest BCUT2D eigenvalue weighted by atomic mass is 32.1. The minimum Gasteiger partial charge on any atom is -0.439 e. The van der Waals surface area contributed by atoms with Crippen LogP contribution in [0.25, 0.3) is 32.4 Å². The molecule has 6 saturated heterocycles. The van der Waals surface area contributed by atoms with Crippen LogP contribution in [0.3, 0.4) is 0 Å². The van der Waals surface area contributed by atoms with Crippen molar-refractivity contribution in [1.29, 1.82) is 0 Å². The zero-order valence-corrected chi connectivity index (χ0v) is 81.2.